The Bertz CT molecular complexity index is 1180. The van der Waals surface area contributed by atoms with Gasteiger partial charge in [-0.1, -0.05) is 17.4 Å². The summed E-state index contributed by atoms with van der Waals surface area (Å²) in [5, 5.41) is 10.7. The van der Waals surface area contributed by atoms with Crippen LogP contribution in [0.5, 0.6) is 5.75 Å². The number of nitrogens with zero attached hydrogens (tertiary/aromatic N) is 3. The van der Waals surface area contributed by atoms with Crippen molar-refractivity contribution >= 4 is 56.4 Å². The summed E-state index contributed by atoms with van der Waals surface area (Å²) in [5.41, 5.74) is 2.84. The smallest absolute Gasteiger partial charge is 0.235 e. The fraction of sp³-hybridized carbons (Fsp3) is 0.211. The number of amides is 1. The van der Waals surface area contributed by atoms with Crippen LogP contribution in [0.4, 0.5) is 5.82 Å². The van der Waals surface area contributed by atoms with Crippen molar-refractivity contribution in [3.63, 3.8) is 0 Å². The van der Waals surface area contributed by atoms with Crippen molar-refractivity contribution in [2.75, 3.05) is 18.2 Å². The Morgan fingerprint density at radius 1 is 1.32 bits per heavy atom. The highest BCUT2D eigenvalue weighted by Crippen LogP contribution is 2.45. The molecule has 0 spiro atoms. The number of aromatic nitrogens is 3. The third kappa shape index (κ3) is 2.90. The summed E-state index contributed by atoms with van der Waals surface area (Å²) in [6.07, 6.45) is 0. The van der Waals surface area contributed by atoms with Crippen LogP contribution in [0, 0.1) is 6.92 Å². The molecule has 9 heteroatoms. The third-order valence-corrected chi connectivity index (χ3v) is 7.91. The summed E-state index contributed by atoms with van der Waals surface area (Å²) in [4.78, 5) is 18.4. The number of nitrogens with one attached hydrogen (secondary N) is 1. The van der Waals surface area contributed by atoms with Gasteiger partial charge in [0, 0.05) is 10.4 Å². The number of hydrogen-bond acceptors (Lipinski definition) is 7. The van der Waals surface area contributed by atoms with E-state index in [2.05, 4.69) is 16.8 Å². The van der Waals surface area contributed by atoms with Crippen molar-refractivity contribution in [3.8, 4) is 10.9 Å². The number of carbonyl (C=O) groups is 1. The molecule has 0 bridgehead atoms. The van der Waals surface area contributed by atoms with Crippen molar-refractivity contribution in [1.82, 2.24) is 14.8 Å². The first-order valence-electron chi connectivity index (χ1n) is 8.63. The Morgan fingerprint density at radius 3 is 3.00 bits per heavy atom. The van der Waals surface area contributed by atoms with Crippen LogP contribution in [-0.2, 0) is 4.79 Å². The summed E-state index contributed by atoms with van der Waals surface area (Å²) >= 11 is 4.86. The second-order valence-corrected chi connectivity index (χ2v) is 9.43. The zero-order valence-corrected chi connectivity index (χ0v) is 17.6. The van der Waals surface area contributed by atoms with E-state index in [1.807, 2.05) is 31.2 Å². The van der Waals surface area contributed by atoms with Gasteiger partial charge >= 0.3 is 0 Å². The lowest BCUT2D eigenvalue weighted by Gasteiger charge is -2.12. The second kappa shape index (κ2) is 6.91. The molecule has 142 valence electrons. The molecular formula is C19H16N4O2S3. The fourth-order valence-corrected chi connectivity index (χ4v) is 6.42. The molecular weight excluding hydrogens is 412 g/mol. The first kappa shape index (κ1) is 17.7. The Morgan fingerprint density at radius 2 is 2.21 bits per heavy atom. The van der Waals surface area contributed by atoms with Gasteiger partial charge in [-0.25, -0.2) is 4.98 Å². The number of anilines is 1. The molecule has 3 aromatic heterocycles. The van der Waals surface area contributed by atoms with Gasteiger partial charge in [0.05, 0.1) is 34.0 Å². The monoisotopic (exact) mass is 428 g/mol. The van der Waals surface area contributed by atoms with Gasteiger partial charge in [0.2, 0.25) is 11.0 Å². The summed E-state index contributed by atoms with van der Waals surface area (Å²) < 4.78 is 8.10. The molecule has 1 aromatic carbocycles. The first-order chi connectivity index (χ1) is 13.6. The second-order valence-electron chi connectivity index (χ2n) is 6.34. The van der Waals surface area contributed by atoms with Gasteiger partial charge in [0.1, 0.15) is 11.6 Å². The van der Waals surface area contributed by atoms with Crippen LogP contribution < -0.4 is 10.1 Å². The third-order valence-electron chi connectivity index (χ3n) is 4.57. The minimum Gasteiger partial charge on any atom is -0.497 e. The van der Waals surface area contributed by atoms with Crippen molar-refractivity contribution in [2.24, 2.45) is 0 Å². The molecule has 0 saturated heterocycles. The number of thioether (sulfide) groups is 1. The molecule has 1 unspecified atom stereocenters. The SMILES string of the molecule is COc1ccc2nc(-n3nc(C)c4c3NC(=O)CSC4c3cccs3)sc2c1. The molecule has 0 aliphatic carbocycles. The van der Waals surface area contributed by atoms with Crippen molar-refractivity contribution in [3.05, 3.63) is 51.8 Å². The Balaban J connectivity index is 1.68. The number of hydrogen-bond donors (Lipinski definition) is 1. The molecule has 5 rings (SSSR count). The maximum atomic E-state index is 12.4. The molecule has 1 atom stereocenters. The Kier molecular flexibility index (Phi) is 4.37. The number of methoxy groups -OCH3 is 1. The minimum atomic E-state index is -0.0192. The maximum Gasteiger partial charge on any atom is 0.235 e. The molecule has 1 amide bonds. The average molecular weight is 429 g/mol. The van der Waals surface area contributed by atoms with Crippen LogP contribution >= 0.6 is 34.4 Å². The lowest BCUT2D eigenvalue weighted by molar-refractivity contribution is -0.113. The number of aryl methyl sites for hydroxylation is 1. The summed E-state index contributed by atoms with van der Waals surface area (Å²) in [7, 11) is 1.65. The molecule has 0 radical (unpaired) electrons. The van der Waals surface area contributed by atoms with Crippen LogP contribution in [0.1, 0.15) is 21.4 Å². The fourth-order valence-electron chi connectivity index (χ4n) is 3.30. The van der Waals surface area contributed by atoms with Crippen LogP contribution in [0.15, 0.2) is 35.7 Å². The highest BCUT2D eigenvalue weighted by atomic mass is 32.2. The Hall–Kier alpha value is -2.36. The molecule has 4 heterocycles. The quantitative estimate of drug-likeness (QED) is 0.515. The zero-order valence-electron chi connectivity index (χ0n) is 15.1. The van der Waals surface area contributed by atoms with Gasteiger partial charge in [-0.05, 0) is 36.6 Å². The summed E-state index contributed by atoms with van der Waals surface area (Å²) in [6.45, 7) is 1.99. The number of rotatable bonds is 3. The van der Waals surface area contributed by atoms with E-state index in [4.69, 9.17) is 14.8 Å². The van der Waals surface area contributed by atoms with Gasteiger partial charge in [-0.3, -0.25) is 4.79 Å². The number of ether oxygens (including phenoxy) is 1. The average Bonchev–Trinajstić information content (AvgIpc) is 3.40. The van der Waals surface area contributed by atoms with E-state index in [0.717, 1.165) is 38.2 Å². The normalized spacial score (nSPS) is 16.6. The van der Waals surface area contributed by atoms with Gasteiger partial charge in [-0.2, -0.15) is 9.78 Å². The highest BCUT2D eigenvalue weighted by molar-refractivity contribution is 8.00. The molecule has 1 N–H and O–H groups in total. The molecule has 28 heavy (non-hydrogen) atoms. The van der Waals surface area contributed by atoms with E-state index in [9.17, 15) is 4.79 Å². The van der Waals surface area contributed by atoms with E-state index in [1.165, 1.54) is 16.2 Å². The topological polar surface area (TPSA) is 69.0 Å². The van der Waals surface area contributed by atoms with Crippen LogP contribution in [0.2, 0.25) is 0 Å². The van der Waals surface area contributed by atoms with Gasteiger partial charge < -0.3 is 10.1 Å². The summed E-state index contributed by atoms with van der Waals surface area (Å²) in [6, 6.07) is 9.95. The van der Waals surface area contributed by atoms with Crippen LogP contribution in [-0.4, -0.2) is 33.5 Å². The predicted octanol–water partition coefficient (Wildman–Crippen LogP) is 4.64. The number of thiazole rings is 1. The van der Waals surface area contributed by atoms with Crippen molar-refractivity contribution in [2.45, 2.75) is 12.2 Å². The van der Waals surface area contributed by atoms with E-state index in [0.29, 0.717) is 5.75 Å². The van der Waals surface area contributed by atoms with Gasteiger partial charge in [0.25, 0.3) is 0 Å². The van der Waals surface area contributed by atoms with Crippen LogP contribution in [0.3, 0.4) is 0 Å². The molecule has 1 aliphatic rings. The number of thiophene rings is 1. The van der Waals surface area contributed by atoms with Gasteiger partial charge in [0.15, 0.2) is 0 Å². The lowest BCUT2D eigenvalue weighted by atomic mass is 10.1. The van der Waals surface area contributed by atoms with E-state index >= 15 is 0 Å². The molecule has 1 aliphatic heterocycles. The molecule has 6 nitrogen and oxygen atoms in total. The van der Waals surface area contributed by atoms with E-state index in [-0.39, 0.29) is 11.2 Å². The standard InChI is InChI=1S/C19H16N4O2S3/c1-10-16-17(13-4-3-7-26-13)27-9-15(24)21-18(16)23(22-10)19-20-12-6-5-11(25-2)8-14(12)28-19/h3-8,17H,9H2,1-2H3,(H,21,24). The first-order valence-corrected chi connectivity index (χ1v) is 11.4. The van der Waals surface area contributed by atoms with Crippen LogP contribution in [0.25, 0.3) is 15.3 Å². The number of fused-ring (bicyclic) bond motifs is 2. The van der Waals surface area contributed by atoms with Gasteiger partial charge in [-0.15, -0.1) is 23.1 Å². The van der Waals surface area contributed by atoms with Crippen molar-refractivity contribution < 1.29 is 9.53 Å². The molecule has 0 fully saturated rings. The predicted molar refractivity (Wildman–Crippen MR) is 115 cm³/mol. The largest absolute Gasteiger partial charge is 0.497 e. The number of carbonyl (C=O) groups excluding carboxylic acids is 1. The Labute approximate surface area is 173 Å². The summed E-state index contributed by atoms with van der Waals surface area (Å²) in [5.74, 6) is 1.90. The molecule has 0 saturated carbocycles. The van der Waals surface area contributed by atoms with Crippen molar-refractivity contribution in [1.29, 1.82) is 0 Å². The van der Waals surface area contributed by atoms with E-state index < -0.39 is 0 Å². The van der Waals surface area contributed by atoms with E-state index in [1.54, 1.807) is 34.9 Å². The number of benzene rings is 1. The highest BCUT2D eigenvalue weighted by Gasteiger charge is 2.31. The molecule has 4 aromatic rings. The zero-order chi connectivity index (χ0) is 19.3. The maximum absolute atomic E-state index is 12.4. The lowest BCUT2D eigenvalue weighted by Crippen LogP contribution is -2.15. The minimum absolute atomic E-state index is 0.0192.